The van der Waals surface area contributed by atoms with E-state index >= 15 is 0 Å². The summed E-state index contributed by atoms with van der Waals surface area (Å²) in [4.78, 5) is 30.0. The van der Waals surface area contributed by atoms with Gasteiger partial charge in [0.2, 0.25) is 11.8 Å². The van der Waals surface area contributed by atoms with Crippen molar-refractivity contribution in [1.29, 1.82) is 0 Å². The van der Waals surface area contributed by atoms with E-state index in [1.807, 2.05) is 36.4 Å². The molecule has 1 aliphatic carbocycles. The first-order valence-electron chi connectivity index (χ1n) is 13.5. The topological polar surface area (TPSA) is 98.6 Å². The molecule has 0 saturated heterocycles. The van der Waals surface area contributed by atoms with Gasteiger partial charge < -0.3 is 19.7 Å². The van der Waals surface area contributed by atoms with E-state index in [1.54, 1.807) is 47.0 Å². The lowest BCUT2D eigenvalue weighted by atomic mass is 9.85. The molecule has 0 aliphatic heterocycles. The number of amides is 2. The molecule has 0 fully saturated rings. The van der Waals surface area contributed by atoms with E-state index in [0.29, 0.717) is 34.1 Å². The zero-order valence-electron chi connectivity index (χ0n) is 23.0. The van der Waals surface area contributed by atoms with Crippen molar-refractivity contribution in [2.75, 3.05) is 19.5 Å². The number of fused-ring (bicyclic) bond motifs is 1. The van der Waals surface area contributed by atoms with Crippen molar-refractivity contribution in [2.45, 2.75) is 38.4 Å². The van der Waals surface area contributed by atoms with Gasteiger partial charge in [0.15, 0.2) is 0 Å². The number of carbonyl (C=O) groups is 2. The quantitative estimate of drug-likeness (QED) is 0.252. The highest BCUT2D eigenvalue weighted by Gasteiger charge is 2.37. The van der Waals surface area contributed by atoms with E-state index in [4.69, 9.17) is 21.1 Å². The lowest BCUT2D eigenvalue weighted by Crippen LogP contribution is -2.52. The molecule has 5 rings (SSSR count). The number of rotatable bonds is 10. The Balaban J connectivity index is 1.51. The zero-order valence-corrected chi connectivity index (χ0v) is 23.8. The largest absolute Gasteiger partial charge is 0.497 e. The van der Waals surface area contributed by atoms with Crippen LogP contribution in [-0.2, 0) is 22.7 Å². The van der Waals surface area contributed by atoms with Crippen LogP contribution in [0.2, 0.25) is 5.02 Å². The normalized spacial score (nSPS) is 15.3. The maximum atomic E-state index is 14.2. The summed E-state index contributed by atoms with van der Waals surface area (Å²) >= 11 is 6.14. The van der Waals surface area contributed by atoms with Crippen LogP contribution >= 0.6 is 11.6 Å². The second-order valence-corrected chi connectivity index (χ2v) is 10.4. The average molecular weight is 574 g/mol. The van der Waals surface area contributed by atoms with Gasteiger partial charge in [-0.3, -0.25) is 9.59 Å². The molecule has 0 saturated carbocycles. The highest BCUT2D eigenvalue weighted by molar-refractivity contribution is 6.30. The van der Waals surface area contributed by atoms with Crippen molar-refractivity contribution in [3.8, 4) is 11.5 Å². The number of methoxy groups -OCH3 is 2. The molecule has 3 aromatic carbocycles. The molecule has 41 heavy (non-hydrogen) atoms. The molecule has 1 N–H and O–H groups in total. The molecule has 212 valence electrons. The second-order valence-electron chi connectivity index (χ2n) is 9.93. The summed E-state index contributed by atoms with van der Waals surface area (Å²) in [6.45, 7) is 0.160. The minimum absolute atomic E-state index is 0.0632. The first-order valence-corrected chi connectivity index (χ1v) is 13.8. The van der Waals surface area contributed by atoms with Crippen molar-refractivity contribution in [2.24, 2.45) is 5.92 Å². The summed E-state index contributed by atoms with van der Waals surface area (Å²) in [7, 11) is 3.10. The standard InChI is InChI=1S/C31H32ClN5O4/c1-40-24-16-17-26(28(18-24)41-2)33-31(39)30(22-8-4-3-5-9-22)36(19-21-12-14-23(32)15-13-21)29(38)20-37-27-11-7-6-10-25(27)34-35-37/h3-4,6-7,10-18,22,30H,5,8-9,19-20H2,1-2H3,(H,33,39)/t22-,30-/m0/s1. The number of nitrogens with one attached hydrogen (secondary N) is 1. The van der Waals surface area contributed by atoms with E-state index in [0.717, 1.165) is 23.9 Å². The SMILES string of the molecule is COc1ccc(NC(=O)[C@H]([C@H]2CC=CCC2)N(Cc2ccc(Cl)cc2)C(=O)Cn2nnc3ccccc32)c(OC)c1. The van der Waals surface area contributed by atoms with Crippen LogP contribution in [0.1, 0.15) is 24.8 Å². The van der Waals surface area contributed by atoms with Crippen LogP contribution in [0.4, 0.5) is 5.69 Å². The van der Waals surface area contributed by atoms with E-state index in [-0.39, 0.29) is 30.8 Å². The Kier molecular flexibility index (Phi) is 8.84. The molecule has 10 heteroatoms. The van der Waals surface area contributed by atoms with Crippen LogP contribution in [0.25, 0.3) is 11.0 Å². The number of para-hydroxylation sites is 1. The number of nitrogens with zero attached hydrogens (tertiary/aromatic N) is 4. The van der Waals surface area contributed by atoms with Crippen LogP contribution in [0.15, 0.2) is 78.9 Å². The zero-order chi connectivity index (χ0) is 28.8. The minimum Gasteiger partial charge on any atom is -0.497 e. The van der Waals surface area contributed by atoms with Gasteiger partial charge in [-0.25, -0.2) is 4.68 Å². The molecule has 2 atom stereocenters. The molecular weight excluding hydrogens is 542 g/mol. The predicted molar refractivity (Wildman–Crippen MR) is 158 cm³/mol. The molecule has 0 unspecified atom stereocenters. The van der Waals surface area contributed by atoms with E-state index in [2.05, 4.69) is 27.8 Å². The predicted octanol–water partition coefficient (Wildman–Crippen LogP) is 5.49. The van der Waals surface area contributed by atoms with Gasteiger partial charge in [-0.15, -0.1) is 5.10 Å². The highest BCUT2D eigenvalue weighted by Crippen LogP contribution is 2.32. The number of hydrogen-bond donors (Lipinski definition) is 1. The smallest absolute Gasteiger partial charge is 0.247 e. The third-order valence-electron chi connectivity index (χ3n) is 7.32. The summed E-state index contributed by atoms with van der Waals surface area (Å²) < 4.78 is 12.4. The van der Waals surface area contributed by atoms with Gasteiger partial charge in [0.05, 0.1) is 25.4 Å². The molecule has 4 aromatic rings. The Bertz CT molecular complexity index is 1550. The fourth-order valence-corrected chi connectivity index (χ4v) is 5.33. The Morgan fingerprint density at radius 1 is 1.07 bits per heavy atom. The van der Waals surface area contributed by atoms with E-state index in [9.17, 15) is 9.59 Å². The van der Waals surface area contributed by atoms with Gasteiger partial charge >= 0.3 is 0 Å². The second kappa shape index (κ2) is 12.9. The Morgan fingerprint density at radius 3 is 2.61 bits per heavy atom. The number of allylic oxidation sites excluding steroid dienone is 2. The molecule has 1 aliphatic rings. The van der Waals surface area contributed by atoms with Crippen molar-refractivity contribution in [3.63, 3.8) is 0 Å². The molecule has 1 heterocycles. The van der Waals surface area contributed by atoms with Crippen LogP contribution < -0.4 is 14.8 Å². The third-order valence-corrected chi connectivity index (χ3v) is 7.57. The monoisotopic (exact) mass is 573 g/mol. The molecule has 0 spiro atoms. The van der Waals surface area contributed by atoms with Gasteiger partial charge in [0.1, 0.15) is 29.6 Å². The lowest BCUT2D eigenvalue weighted by Gasteiger charge is -2.37. The molecular formula is C31H32ClN5O4. The summed E-state index contributed by atoms with van der Waals surface area (Å²) in [6, 6.07) is 19.2. The summed E-state index contributed by atoms with van der Waals surface area (Å²) in [5.74, 6) is 0.442. The summed E-state index contributed by atoms with van der Waals surface area (Å²) in [6.07, 6.45) is 6.47. The maximum absolute atomic E-state index is 14.2. The number of anilines is 1. The Morgan fingerprint density at radius 2 is 1.88 bits per heavy atom. The van der Waals surface area contributed by atoms with Crippen molar-refractivity contribution >= 4 is 40.1 Å². The number of benzene rings is 3. The number of aromatic nitrogens is 3. The van der Waals surface area contributed by atoms with Crippen LogP contribution in [-0.4, -0.2) is 52.0 Å². The van der Waals surface area contributed by atoms with E-state index in [1.165, 1.54) is 7.11 Å². The van der Waals surface area contributed by atoms with Crippen molar-refractivity contribution in [3.05, 3.63) is 89.5 Å². The number of carbonyl (C=O) groups excluding carboxylic acids is 2. The van der Waals surface area contributed by atoms with Gasteiger partial charge in [-0.1, -0.05) is 53.2 Å². The summed E-state index contributed by atoms with van der Waals surface area (Å²) in [5, 5.41) is 12.1. The van der Waals surface area contributed by atoms with Gasteiger partial charge in [-0.05, 0) is 67.1 Å². The van der Waals surface area contributed by atoms with Crippen molar-refractivity contribution in [1.82, 2.24) is 19.9 Å². The van der Waals surface area contributed by atoms with Gasteiger partial charge in [0.25, 0.3) is 0 Å². The maximum Gasteiger partial charge on any atom is 0.247 e. The molecule has 1 aromatic heterocycles. The fourth-order valence-electron chi connectivity index (χ4n) is 5.20. The molecule has 0 bridgehead atoms. The van der Waals surface area contributed by atoms with Gasteiger partial charge in [-0.2, -0.15) is 0 Å². The van der Waals surface area contributed by atoms with Crippen LogP contribution in [0.3, 0.4) is 0 Å². The first-order chi connectivity index (χ1) is 20.0. The fraction of sp³-hybridized carbons (Fsp3) is 0.290. The summed E-state index contributed by atoms with van der Waals surface area (Å²) in [5.41, 5.74) is 2.80. The number of hydrogen-bond acceptors (Lipinski definition) is 6. The molecule has 2 amide bonds. The lowest BCUT2D eigenvalue weighted by molar-refractivity contribution is -0.142. The average Bonchev–Trinajstić information content (AvgIpc) is 3.41. The van der Waals surface area contributed by atoms with Crippen LogP contribution in [0.5, 0.6) is 11.5 Å². The van der Waals surface area contributed by atoms with Crippen molar-refractivity contribution < 1.29 is 19.1 Å². The Hall–Kier alpha value is -4.37. The highest BCUT2D eigenvalue weighted by atomic mass is 35.5. The van der Waals surface area contributed by atoms with Gasteiger partial charge in [0, 0.05) is 17.6 Å². The Labute approximate surface area is 243 Å². The molecule has 9 nitrogen and oxygen atoms in total. The van der Waals surface area contributed by atoms with Crippen LogP contribution in [0, 0.1) is 5.92 Å². The third kappa shape index (κ3) is 6.52. The number of ether oxygens (including phenoxy) is 2. The van der Waals surface area contributed by atoms with E-state index < -0.39 is 6.04 Å². The minimum atomic E-state index is -0.760. The first kappa shape index (κ1) is 28.2. The number of halogens is 1. The molecule has 0 radical (unpaired) electrons.